The number of hydrogen-bond donors (Lipinski definition) is 0. The number of fused-ring (bicyclic) bond motifs is 1. The van der Waals surface area contributed by atoms with Crippen molar-refractivity contribution in [2.24, 2.45) is 5.92 Å². The molecule has 2 aromatic rings. The lowest BCUT2D eigenvalue weighted by Gasteiger charge is -2.26. The van der Waals surface area contributed by atoms with Gasteiger partial charge in [0.25, 0.3) is 11.8 Å². The Kier molecular flexibility index (Phi) is 7.04. The van der Waals surface area contributed by atoms with Crippen LogP contribution in [0, 0.1) is 5.92 Å². The number of esters is 1. The lowest BCUT2D eigenvalue weighted by Crippen LogP contribution is -2.47. The van der Waals surface area contributed by atoms with Gasteiger partial charge in [0.15, 0.2) is 0 Å². The molecule has 0 radical (unpaired) electrons. The second-order valence-corrected chi connectivity index (χ2v) is 9.43. The second-order valence-electron chi connectivity index (χ2n) is 7.01. The quantitative estimate of drug-likeness (QED) is 0.136. The van der Waals surface area contributed by atoms with Gasteiger partial charge in [0, 0.05) is 4.47 Å². The zero-order valence-corrected chi connectivity index (χ0v) is 20.3. The maximum atomic E-state index is 13.1. The highest BCUT2D eigenvalue weighted by Crippen LogP contribution is 2.45. The molecule has 0 fully saturated rings. The lowest BCUT2D eigenvalue weighted by molar-refractivity contribution is -0.139. The molecule has 0 saturated heterocycles. The summed E-state index contributed by atoms with van der Waals surface area (Å²) < 4.78 is 6.23. The summed E-state index contributed by atoms with van der Waals surface area (Å²) in [6, 6.07) is 5.39. The predicted molar refractivity (Wildman–Crippen MR) is 120 cm³/mol. The van der Waals surface area contributed by atoms with Crippen LogP contribution in [0.3, 0.4) is 0 Å². The Morgan fingerprint density at radius 2 is 1.40 bits per heavy atom. The van der Waals surface area contributed by atoms with Gasteiger partial charge < -0.3 is 4.74 Å². The Labute approximate surface area is 201 Å². The smallest absolute Gasteiger partial charge is 0.334 e. The summed E-state index contributed by atoms with van der Waals surface area (Å²) in [6.45, 7) is 3.71. The van der Waals surface area contributed by atoms with E-state index in [9.17, 15) is 14.4 Å². The fourth-order valence-electron chi connectivity index (χ4n) is 3.09. The summed E-state index contributed by atoms with van der Waals surface area (Å²) in [6.07, 6.45) is 0.178. The number of carbonyl (C=O) groups is 3. The largest absolute Gasteiger partial charge is 0.425 e. The van der Waals surface area contributed by atoms with Gasteiger partial charge in [-0.15, -0.1) is 0 Å². The molecule has 1 aliphatic heterocycles. The summed E-state index contributed by atoms with van der Waals surface area (Å²) in [5, 5.41) is -0.649. The van der Waals surface area contributed by atoms with Crippen molar-refractivity contribution < 1.29 is 19.1 Å². The molecule has 3 rings (SSSR count). The molecule has 10 heteroatoms. The maximum Gasteiger partial charge on any atom is 0.334 e. The third kappa shape index (κ3) is 4.21. The minimum absolute atomic E-state index is 0.0325. The molecule has 1 atom stereocenters. The van der Waals surface area contributed by atoms with Gasteiger partial charge in [-0.05, 0) is 36.6 Å². The van der Waals surface area contributed by atoms with E-state index in [1.54, 1.807) is 24.3 Å². The van der Waals surface area contributed by atoms with Crippen molar-refractivity contribution in [3.05, 3.63) is 60.0 Å². The molecule has 0 N–H and O–H groups in total. The van der Waals surface area contributed by atoms with E-state index >= 15 is 0 Å². The Bertz CT molecular complexity index is 1010. The van der Waals surface area contributed by atoms with Gasteiger partial charge in [-0.1, -0.05) is 76.2 Å². The highest BCUT2D eigenvalue weighted by atomic mass is 79.9. The van der Waals surface area contributed by atoms with E-state index < -0.39 is 23.8 Å². The van der Waals surface area contributed by atoms with Crippen molar-refractivity contribution in [2.45, 2.75) is 26.3 Å². The van der Waals surface area contributed by atoms with Gasteiger partial charge in [-0.2, -0.15) is 0 Å². The van der Waals surface area contributed by atoms with Crippen LogP contribution in [0.15, 0.2) is 28.7 Å². The van der Waals surface area contributed by atoms with Crippen molar-refractivity contribution in [3.8, 4) is 5.75 Å². The summed E-state index contributed by atoms with van der Waals surface area (Å²) in [5.74, 6) is -2.08. The second kappa shape index (κ2) is 9.05. The van der Waals surface area contributed by atoms with Crippen molar-refractivity contribution in [1.29, 1.82) is 0 Å². The van der Waals surface area contributed by atoms with Crippen LogP contribution in [-0.2, 0) is 4.79 Å². The van der Waals surface area contributed by atoms with E-state index in [1.807, 2.05) is 13.8 Å². The molecule has 0 spiro atoms. The van der Waals surface area contributed by atoms with Crippen LogP contribution < -0.4 is 4.74 Å². The highest BCUT2D eigenvalue weighted by molar-refractivity contribution is 9.10. The molecule has 158 valence electrons. The van der Waals surface area contributed by atoms with Crippen molar-refractivity contribution in [2.75, 3.05) is 0 Å². The highest BCUT2D eigenvalue weighted by Gasteiger charge is 2.47. The van der Waals surface area contributed by atoms with Crippen LogP contribution in [0.25, 0.3) is 0 Å². The number of rotatable bonds is 5. The Balaban J connectivity index is 2.02. The Hall–Kier alpha value is -1.31. The number of ether oxygens (including phenoxy) is 1. The van der Waals surface area contributed by atoms with Crippen LogP contribution in [0.1, 0.15) is 41.0 Å². The molecule has 30 heavy (non-hydrogen) atoms. The first-order valence-electron chi connectivity index (χ1n) is 8.75. The number of carbonyl (C=O) groups excluding carboxylic acids is 3. The lowest BCUT2D eigenvalue weighted by atomic mass is 10.0. The Morgan fingerprint density at radius 3 is 1.83 bits per heavy atom. The topological polar surface area (TPSA) is 63.7 Å². The zero-order valence-electron chi connectivity index (χ0n) is 15.6. The molecule has 0 bridgehead atoms. The van der Waals surface area contributed by atoms with Gasteiger partial charge in [0.1, 0.15) is 11.8 Å². The van der Waals surface area contributed by atoms with Crippen LogP contribution in [0.2, 0.25) is 20.1 Å². The minimum atomic E-state index is -1.19. The molecule has 1 heterocycles. The van der Waals surface area contributed by atoms with Crippen LogP contribution >= 0.6 is 62.3 Å². The monoisotopic (exact) mass is 551 g/mol. The minimum Gasteiger partial charge on any atom is -0.425 e. The summed E-state index contributed by atoms with van der Waals surface area (Å²) >= 11 is 27.8. The van der Waals surface area contributed by atoms with Gasteiger partial charge in [0.2, 0.25) is 0 Å². The van der Waals surface area contributed by atoms with E-state index in [-0.39, 0.29) is 49.3 Å². The van der Waals surface area contributed by atoms with Crippen LogP contribution in [0.4, 0.5) is 0 Å². The first-order valence-corrected chi connectivity index (χ1v) is 11.1. The normalized spacial score (nSPS) is 14.3. The average molecular weight is 554 g/mol. The number of halogens is 5. The van der Waals surface area contributed by atoms with E-state index in [1.165, 1.54) is 0 Å². The van der Waals surface area contributed by atoms with Crippen molar-refractivity contribution in [3.63, 3.8) is 0 Å². The summed E-state index contributed by atoms with van der Waals surface area (Å²) in [4.78, 5) is 40.0. The molecular weight excluding hydrogens is 540 g/mol. The molecule has 1 aliphatic rings. The number of amides is 2. The molecule has 2 aromatic carbocycles. The number of imide groups is 1. The van der Waals surface area contributed by atoms with E-state index in [4.69, 9.17) is 51.1 Å². The molecule has 2 amide bonds. The number of nitrogens with zero attached hydrogens (tertiary/aromatic N) is 1. The molecular formula is C20H14BrCl4NO4. The molecule has 5 nitrogen and oxygen atoms in total. The third-order valence-electron chi connectivity index (χ3n) is 4.44. The van der Waals surface area contributed by atoms with Crippen LogP contribution in [0.5, 0.6) is 5.75 Å². The average Bonchev–Trinajstić information content (AvgIpc) is 2.95. The Morgan fingerprint density at radius 1 is 0.933 bits per heavy atom. The molecule has 1 unspecified atom stereocenters. The number of hydrogen-bond acceptors (Lipinski definition) is 4. The molecule has 0 saturated carbocycles. The van der Waals surface area contributed by atoms with Crippen molar-refractivity contribution >= 4 is 80.1 Å². The predicted octanol–water partition coefficient (Wildman–Crippen LogP) is 6.68. The van der Waals surface area contributed by atoms with Crippen molar-refractivity contribution in [1.82, 2.24) is 4.90 Å². The van der Waals surface area contributed by atoms with Gasteiger partial charge >= 0.3 is 5.97 Å². The fourth-order valence-corrected chi connectivity index (χ4v) is 4.37. The first-order chi connectivity index (χ1) is 14.0. The number of benzene rings is 2. The van der Waals surface area contributed by atoms with Gasteiger partial charge in [-0.3, -0.25) is 14.5 Å². The van der Waals surface area contributed by atoms with E-state index in [0.717, 1.165) is 9.37 Å². The molecule has 0 aromatic heterocycles. The fraction of sp³-hybridized carbons (Fsp3) is 0.250. The molecule has 0 aliphatic carbocycles. The first kappa shape index (κ1) is 23.4. The zero-order chi connectivity index (χ0) is 22.3. The summed E-state index contributed by atoms with van der Waals surface area (Å²) in [7, 11) is 0. The van der Waals surface area contributed by atoms with E-state index in [2.05, 4.69) is 15.9 Å². The van der Waals surface area contributed by atoms with E-state index in [0.29, 0.717) is 0 Å². The maximum absolute atomic E-state index is 13.1. The standard InChI is InChI=1S/C20H14BrCl4NO4/c1-8(2)7-11(20(29)30-10-5-3-9(21)4-6-10)26-18(27)12-13(19(26)28)15(23)17(25)16(24)14(12)22/h3-6,8,11H,7H2,1-2H3. The van der Waals surface area contributed by atoms with Crippen LogP contribution in [-0.4, -0.2) is 28.7 Å². The summed E-state index contributed by atoms with van der Waals surface area (Å²) in [5.41, 5.74) is -0.350. The third-order valence-corrected chi connectivity index (χ3v) is 6.77. The van der Waals surface area contributed by atoms with Gasteiger partial charge in [0.05, 0.1) is 31.2 Å². The van der Waals surface area contributed by atoms with Gasteiger partial charge in [-0.25, -0.2) is 4.79 Å². The SMILES string of the molecule is CC(C)CC(C(=O)Oc1ccc(Br)cc1)N1C(=O)c2c(Cl)c(Cl)c(Cl)c(Cl)c2C1=O.